The molecule has 1 amide bonds. The molecule has 0 radical (unpaired) electrons. The Labute approximate surface area is 154 Å². The second kappa shape index (κ2) is 8.02. The largest absolute Gasteiger partial charge is 0.352 e. The Morgan fingerprint density at radius 1 is 1.20 bits per heavy atom. The lowest BCUT2D eigenvalue weighted by Gasteiger charge is -2.28. The summed E-state index contributed by atoms with van der Waals surface area (Å²) in [6.45, 7) is 0.545. The Kier molecular flexibility index (Phi) is 5.76. The number of amides is 1. The van der Waals surface area contributed by atoms with E-state index >= 15 is 0 Å². The van der Waals surface area contributed by atoms with Crippen LogP contribution in [0.2, 0.25) is 0 Å². The molecule has 6 heteroatoms. The van der Waals surface area contributed by atoms with E-state index < -0.39 is 0 Å². The van der Waals surface area contributed by atoms with Crippen LogP contribution in [0, 0.1) is 5.92 Å². The molecule has 2 N–H and O–H groups in total. The van der Waals surface area contributed by atoms with E-state index in [0.717, 1.165) is 24.1 Å². The highest BCUT2D eigenvalue weighted by molar-refractivity contribution is 5.85. The molecule has 4 rings (SSSR count). The minimum Gasteiger partial charge on any atom is -0.352 e. The summed E-state index contributed by atoms with van der Waals surface area (Å²) in [5, 5.41) is 11.0. The zero-order chi connectivity index (χ0) is 16.4. The summed E-state index contributed by atoms with van der Waals surface area (Å²) in [6, 6.07) is 11.3. The number of nitrogens with zero attached hydrogens (tertiary/aromatic N) is 2. The molecule has 0 spiro atoms. The molecular formula is C19H25ClN4O. The Hall–Kier alpha value is -1.85. The molecule has 2 unspecified atom stereocenters. The minimum absolute atomic E-state index is 0. The molecule has 2 aromatic rings. The molecule has 0 saturated carbocycles. The van der Waals surface area contributed by atoms with Gasteiger partial charge in [-0.2, -0.15) is 5.10 Å². The molecule has 0 aliphatic carbocycles. The lowest BCUT2D eigenvalue weighted by Crippen LogP contribution is -2.39. The molecule has 5 nitrogen and oxygen atoms in total. The van der Waals surface area contributed by atoms with Gasteiger partial charge < -0.3 is 10.6 Å². The quantitative estimate of drug-likeness (QED) is 0.862. The van der Waals surface area contributed by atoms with Crippen LogP contribution in [0.3, 0.4) is 0 Å². The van der Waals surface area contributed by atoms with Crippen LogP contribution in [0.15, 0.2) is 42.7 Å². The SMILES string of the molecule is Cl.O=C(CC1CC2CCC(C1)N2)NCc1cnn(-c2ccccc2)c1. The van der Waals surface area contributed by atoms with Crippen molar-refractivity contribution in [2.45, 2.75) is 50.7 Å². The van der Waals surface area contributed by atoms with Crippen LogP contribution in [0.4, 0.5) is 0 Å². The van der Waals surface area contributed by atoms with Gasteiger partial charge in [0.25, 0.3) is 0 Å². The van der Waals surface area contributed by atoms with Crippen LogP contribution < -0.4 is 10.6 Å². The van der Waals surface area contributed by atoms with Gasteiger partial charge in [0.1, 0.15) is 0 Å². The van der Waals surface area contributed by atoms with Crippen LogP contribution in [0.25, 0.3) is 5.69 Å². The van der Waals surface area contributed by atoms with Crippen molar-refractivity contribution >= 4 is 18.3 Å². The van der Waals surface area contributed by atoms with Gasteiger partial charge in [0, 0.05) is 36.8 Å². The molecule has 2 aliphatic rings. The van der Waals surface area contributed by atoms with Crippen molar-refractivity contribution in [3.63, 3.8) is 0 Å². The Bertz CT molecular complexity index is 690. The van der Waals surface area contributed by atoms with Gasteiger partial charge in [-0.3, -0.25) is 4.79 Å². The third-order valence-corrected chi connectivity index (χ3v) is 5.19. The van der Waals surface area contributed by atoms with Gasteiger partial charge >= 0.3 is 0 Å². The molecule has 134 valence electrons. The molecule has 3 heterocycles. The number of carbonyl (C=O) groups is 1. The number of hydrogen-bond acceptors (Lipinski definition) is 3. The third-order valence-electron chi connectivity index (χ3n) is 5.19. The number of para-hydroxylation sites is 1. The highest BCUT2D eigenvalue weighted by atomic mass is 35.5. The first kappa shape index (κ1) is 18.0. The van der Waals surface area contributed by atoms with Crippen molar-refractivity contribution in [1.29, 1.82) is 0 Å². The van der Waals surface area contributed by atoms with E-state index in [1.165, 1.54) is 12.8 Å². The first-order valence-corrected chi connectivity index (χ1v) is 8.88. The Morgan fingerprint density at radius 2 is 1.92 bits per heavy atom. The average Bonchev–Trinajstić information content (AvgIpc) is 3.20. The Balaban J connectivity index is 0.00000182. The zero-order valence-electron chi connectivity index (χ0n) is 14.2. The number of hydrogen-bond donors (Lipinski definition) is 2. The standard InChI is InChI=1S/C19H24N4O.ClH/c24-19(10-14-8-16-6-7-17(9-14)22-16)20-11-15-12-21-23(13-15)18-4-2-1-3-5-18;/h1-5,12-14,16-17,22H,6-11H2,(H,20,24);1H. The monoisotopic (exact) mass is 360 g/mol. The fourth-order valence-electron chi connectivity index (χ4n) is 4.05. The predicted molar refractivity (Wildman–Crippen MR) is 99.9 cm³/mol. The summed E-state index contributed by atoms with van der Waals surface area (Å²) in [5.74, 6) is 0.699. The second-order valence-electron chi connectivity index (χ2n) is 7.08. The van der Waals surface area contributed by atoms with E-state index in [-0.39, 0.29) is 18.3 Å². The predicted octanol–water partition coefficient (Wildman–Crippen LogP) is 2.83. The maximum atomic E-state index is 12.2. The summed E-state index contributed by atoms with van der Waals surface area (Å²) < 4.78 is 1.84. The number of nitrogens with one attached hydrogen (secondary N) is 2. The van der Waals surface area contributed by atoms with Crippen molar-refractivity contribution in [3.8, 4) is 5.69 Å². The number of aromatic nitrogens is 2. The lowest BCUT2D eigenvalue weighted by molar-refractivity contribution is -0.122. The van der Waals surface area contributed by atoms with Gasteiger partial charge in [-0.05, 0) is 43.7 Å². The third kappa shape index (κ3) is 4.41. The topological polar surface area (TPSA) is 59.0 Å². The van der Waals surface area contributed by atoms with Gasteiger partial charge in [-0.25, -0.2) is 4.68 Å². The zero-order valence-corrected chi connectivity index (χ0v) is 15.0. The molecule has 1 aromatic carbocycles. The van der Waals surface area contributed by atoms with Crippen molar-refractivity contribution < 1.29 is 4.79 Å². The van der Waals surface area contributed by atoms with E-state index in [1.807, 2.05) is 47.4 Å². The molecule has 25 heavy (non-hydrogen) atoms. The summed E-state index contributed by atoms with van der Waals surface area (Å²) in [7, 11) is 0. The van der Waals surface area contributed by atoms with Crippen molar-refractivity contribution in [2.75, 3.05) is 0 Å². The molecular weight excluding hydrogens is 336 g/mol. The number of piperidine rings is 1. The summed E-state index contributed by atoms with van der Waals surface area (Å²) in [5.41, 5.74) is 2.05. The highest BCUT2D eigenvalue weighted by Crippen LogP contribution is 2.32. The van der Waals surface area contributed by atoms with E-state index in [1.54, 1.807) is 0 Å². The summed E-state index contributed by atoms with van der Waals surface area (Å²) >= 11 is 0. The van der Waals surface area contributed by atoms with Gasteiger partial charge in [-0.1, -0.05) is 18.2 Å². The normalized spacial score (nSPS) is 24.6. The van der Waals surface area contributed by atoms with E-state index in [4.69, 9.17) is 0 Å². The summed E-state index contributed by atoms with van der Waals surface area (Å²) in [4.78, 5) is 12.2. The lowest BCUT2D eigenvalue weighted by atomic mass is 9.89. The summed E-state index contributed by atoms with van der Waals surface area (Å²) in [6.07, 6.45) is 9.30. The van der Waals surface area contributed by atoms with E-state index in [9.17, 15) is 4.79 Å². The van der Waals surface area contributed by atoms with Crippen LogP contribution in [0.1, 0.15) is 37.7 Å². The van der Waals surface area contributed by atoms with Gasteiger partial charge in [-0.15, -0.1) is 12.4 Å². The second-order valence-corrected chi connectivity index (χ2v) is 7.08. The van der Waals surface area contributed by atoms with Gasteiger partial charge in [0.2, 0.25) is 5.91 Å². The fraction of sp³-hybridized carbons (Fsp3) is 0.474. The molecule has 1 aromatic heterocycles. The molecule has 2 bridgehead atoms. The van der Waals surface area contributed by atoms with Crippen molar-refractivity contribution in [1.82, 2.24) is 20.4 Å². The van der Waals surface area contributed by atoms with Crippen LogP contribution in [0.5, 0.6) is 0 Å². The number of halogens is 1. The fourth-order valence-corrected chi connectivity index (χ4v) is 4.05. The molecule has 2 atom stereocenters. The van der Waals surface area contributed by atoms with Gasteiger partial charge in [0.05, 0.1) is 11.9 Å². The van der Waals surface area contributed by atoms with Gasteiger partial charge in [0.15, 0.2) is 0 Å². The van der Waals surface area contributed by atoms with Crippen LogP contribution in [-0.4, -0.2) is 27.8 Å². The van der Waals surface area contributed by atoms with Crippen molar-refractivity contribution in [3.05, 3.63) is 48.3 Å². The minimum atomic E-state index is 0. The first-order valence-electron chi connectivity index (χ1n) is 8.88. The Morgan fingerprint density at radius 3 is 2.64 bits per heavy atom. The molecule has 2 aliphatic heterocycles. The number of fused-ring (bicyclic) bond motifs is 2. The smallest absolute Gasteiger partial charge is 0.220 e. The van der Waals surface area contributed by atoms with Crippen LogP contribution in [-0.2, 0) is 11.3 Å². The van der Waals surface area contributed by atoms with E-state index in [0.29, 0.717) is 31.0 Å². The number of rotatable bonds is 5. The maximum absolute atomic E-state index is 12.2. The number of benzene rings is 1. The van der Waals surface area contributed by atoms with E-state index in [2.05, 4.69) is 15.7 Å². The van der Waals surface area contributed by atoms with Crippen LogP contribution >= 0.6 is 12.4 Å². The number of carbonyl (C=O) groups excluding carboxylic acids is 1. The maximum Gasteiger partial charge on any atom is 0.220 e. The molecule has 2 fully saturated rings. The van der Waals surface area contributed by atoms with Crippen molar-refractivity contribution in [2.24, 2.45) is 5.92 Å². The molecule has 2 saturated heterocycles. The first-order chi connectivity index (χ1) is 11.8. The average molecular weight is 361 g/mol. The highest BCUT2D eigenvalue weighted by Gasteiger charge is 2.34.